The molecule has 0 saturated carbocycles. The van der Waals surface area contributed by atoms with E-state index in [0.717, 1.165) is 13.0 Å². The summed E-state index contributed by atoms with van der Waals surface area (Å²) in [6.45, 7) is 2.82. The lowest BCUT2D eigenvalue weighted by Crippen LogP contribution is -2.27. The van der Waals surface area contributed by atoms with Crippen molar-refractivity contribution in [2.24, 2.45) is 0 Å². The maximum Gasteiger partial charge on any atom is 0.215 e. The Labute approximate surface area is 95.0 Å². The molecule has 1 aromatic rings. The molecule has 1 saturated heterocycles. The van der Waals surface area contributed by atoms with Crippen LogP contribution in [0.1, 0.15) is 13.3 Å². The zero-order valence-electron chi connectivity index (χ0n) is 9.56. The summed E-state index contributed by atoms with van der Waals surface area (Å²) in [5.41, 5.74) is 6.47. The minimum Gasteiger partial charge on any atom is -0.481 e. The molecule has 0 amide bonds. The maximum atomic E-state index is 5.85. The van der Waals surface area contributed by atoms with Gasteiger partial charge in [0.25, 0.3) is 0 Å². The number of hydrogen-bond acceptors (Lipinski definition) is 5. The molecule has 3 N–H and O–H groups in total. The van der Waals surface area contributed by atoms with Crippen molar-refractivity contribution in [3.63, 3.8) is 0 Å². The van der Waals surface area contributed by atoms with Gasteiger partial charge in [-0.05, 0) is 19.4 Å². The van der Waals surface area contributed by atoms with E-state index in [2.05, 4.69) is 10.3 Å². The van der Waals surface area contributed by atoms with Crippen LogP contribution in [0.25, 0.3) is 0 Å². The number of aromatic nitrogens is 1. The van der Waals surface area contributed by atoms with Gasteiger partial charge in [0.2, 0.25) is 5.88 Å². The second-order valence-corrected chi connectivity index (χ2v) is 3.91. The summed E-state index contributed by atoms with van der Waals surface area (Å²) >= 11 is 0. The first-order valence-electron chi connectivity index (χ1n) is 5.39. The Kier molecular flexibility index (Phi) is 3.14. The zero-order valence-corrected chi connectivity index (χ0v) is 9.56. The van der Waals surface area contributed by atoms with E-state index in [1.807, 2.05) is 6.92 Å². The van der Waals surface area contributed by atoms with Gasteiger partial charge in [0, 0.05) is 12.7 Å². The Morgan fingerprint density at radius 1 is 1.56 bits per heavy atom. The van der Waals surface area contributed by atoms with E-state index >= 15 is 0 Å². The molecule has 5 nitrogen and oxygen atoms in total. The van der Waals surface area contributed by atoms with Crippen molar-refractivity contribution < 1.29 is 9.47 Å². The second-order valence-electron chi connectivity index (χ2n) is 3.91. The van der Waals surface area contributed by atoms with Crippen LogP contribution in [-0.2, 0) is 4.74 Å². The van der Waals surface area contributed by atoms with E-state index < -0.39 is 0 Å². The Hall–Kier alpha value is -1.49. The van der Waals surface area contributed by atoms with E-state index in [1.54, 1.807) is 19.2 Å². The van der Waals surface area contributed by atoms with Crippen molar-refractivity contribution in [3.05, 3.63) is 12.1 Å². The molecule has 2 unspecified atom stereocenters. The van der Waals surface area contributed by atoms with Gasteiger partial charge in [-0.1, -0.05) is 0 Å². The number of ether oxygens (including phenoxy) is 2. The van der Waals surface area contributed by atoms with E-state index in [0.29, 0.717) is 17.4 Å². The molecule has 2 heterocycles. The van der Waals surface area contributed by atoms with Gasteiger partial charge < -0.3 is 20.5 Å². The van der Waals surface area contributed by atoms with Crippen LogP contribution < -0.4 is 15.8 Å². The van der Waals surface area contributed by atoms with Crippen molar-refractivity contribution in [1.82, 2.24) is 4.98 Å². The normalized spacial score (nSPS) is 24.4. The van der Waals surface area contributed by atoms with Crippen molar-refractivity contribution in [2.45, 2.75) is 25.5 Å². The van der Waals surface area contributed by atoms with Gasteiger partial charge in [-0.15, -0.1) is 0 Å². The molecular formula is C11H17N3O2. The van der Waals surface area contributed by atoms with Crippen LogP contribution in [0.3, 0.4) is 0 Å². The van der Waals surface area contributed by atoms with E-state index in [1.165, 1.54) is 0 Å². The number of nitrogens with two attached hydrogens (primary N) is 1. The Morgan fingerprint density at radius 3 is 3.00 bits per heavy atom. The highest BCUT2D eigenvalue weighted by atomic mass is 16.5. The molecule has 1 fully saturated rings. The van der Waals surface area contributed by atoms with Crippen LogP contribution in [0.4, 0.5) is 11.5 Å². The summed E-state index contributed by atoms with van der Waals surface area (Å²) in [5, 5.41) is 3.29. The van der Waals surface area contributed by atoms with E-state index in [4.69, 9.17) is 15.2 Å². The molecule has 0 spiro atoms. The van der Waals surface area contributed by atoms with Crippen LogP contribution in [-0.4, -0.2) is 30.8 Å². The maximum absolute atomic E-state index is 5.85. The fourth-order valence-electron chi connectivity index (χ4n) is 1.78. The molecule has 0 aromatic carbocycles. The summed E-state index contributed by atoms with van der Waals surface area (Å²) in [6.07, 6.45) is 1.16. The Bertz CT molecular complexity index is 370. The summed E-state index contributed by atoms with van der Waals surface area (Å²) in [5.74, 6) is 1.23. The van der Waals surface area contributed by atoms with Gasteiger partial charge in [-0.2, -0.15) is 4.98 Å². The van der Waals surface area contributed by atoms with Gasteiger partial charge in [0.05, 0.1) is 24.9 Å². The smallest absolute Gasteiger partial charge is 0.215 e. The van der Waals surface area contributed by atoms with Crippen LogP contribution in [0.2, 0.25) is 0 Å². The molecule has 2 atom stereocenters. The predicted molar refractivity (Wildman–Crippen MR) is 62.6 cm³/mol. The summed E-state index contributed by atoms with van der Waals surface area (Å²) < 4.78 is 10.5. The minimum atomic E-state index is 0.187. The van der Waals surface area contributed by atoms with E-state index in [-0.39, 0.29) is 12.1 Å². The van der Waals surface area contributed by atoms with Gasteiger partial charge in [0.1, 0.15) is 0 Å². The topological polar surface area (TPSA) is 69.4 Å². The molecule has 0 aliphatic carbocycles. The lowest BCUT2D eigenvalue weighted by atomic mass is 10.1. The number of anilines is 2. The first-order valence-corrected chi connectivity index (χ1v) is 5.39. The van der Waals surface area contributed by atoms with Crippen LogP contribution >= 0.6 is 0 Å². The number of hydrogen-bond donors (Lipinski definition) is 2. The third kappa shape index (κ3) is 2.19. The molecular weight excluding hydrogens is 206 g/mol. The van der Waals surface area contributed by atoms with Crippen LogP contribution in [0.15, 0.2) is 12.1 Å². The largest absolute Gasteiger partial charge is 0.481 e. The quantitative estimate of drug-likeness (QED) is 0.807. The number of methoxy groups -OCH3 is 1. The van der Waals surface area contributed by atoms with Crippen molar-refractivity contribution in [3.8, 4) is 5.88 Å². The van der Waals surface area contributed by atoms with Crippen molar-refractivity contribution in [2.75, 3.05) is 24.8 Å². The number of pyridine rings is 1. The van der Waals surface area contributed by atoms with Gasteiger partial charge in [-0.25, -0.2) is 0 Å². The summed E-state index contributed by atoms with van der Waals surface area (Å²) in [4.78, 5) is 4.27. The lowest BCUT2D eigenvalue weighted by Gasteiger charge is -2.18. The molecule has 0 radical (unpaired) electrons. The molecule has 2 rings (SSSR count). The Balaban J connectivity index is 2.13. The average molecular weight is 223 g/mol. The highest BCUT2D eigenvalue weighted by molar-refractivity contribution is 5.62. The highest BCUT2D eigenvalue weighted by Gasteiger charge is 2.24. The van der Waals surface area contributed by atoms with Crippen molar-refractivity contribution >= 4 is 11.5 Å². The molecule has 0 bridgehead atoms. The monoisotopic (exact) mass is 223 g/mol. The fourth-order valence-corrected chi connectivity index (χ4v) is 1.78. The fraction of sp³-hybridized carbons (Fsp3) is 0.545. The lowest BCUT2D eigenvalue weighted by molar-refractivity contribution is 0.121. The van der Waals surface area contributed by atoms with E-state index in [9.17, 15) is 0 Å². The second kappa shape index (κ2) is 4.57. The van der Waals surface area contributed by atoms with Crippen LogP contribution in [0.5, 0.6) is 5.88 Å². The molecule has 88 valence electrons. The minimum absolute atomic E-state index is 0.187. The van der Waals surface area contributed by atoms with Gasteiger partial charge >= 0.3 is 0 Å². The number of nitrogens with one attached hydrogen (secondary N) is 1. The third-order valence-corrected chi connectivity index (χ3v) is 2.81. The first kappa shape index (κ1) is 11.0. The number of nitrogen functional groups attached to an aromatic ring is 1. The SMILES string of the molecule is COc1ccc(N)c(NC2CCOC2C)n1. The van der Waals surface area contributed by atoms with Crippen LogP contribution in [0, 0.1) is 0 Å². The average Bonchev–Trinajstić information content (AvgIpc) is 2.68. The molecule has 16 heavy (non-hydrogen) atoms. The number of nitrogens with zero attached hydrogens (tertiary/aromatic N) is 1. The highest BCUT2D eigenvalue weighted by Crippen LogP contribution is 2.24. The van der Waals surface area contributed by atoms with Gasteiger partial charge in [-0.3, -0.25) is 0 Å². The number of rotatable bonds is 3. The first-order chi connectivity index (χ1) is 7.70. The van der Waals surface area contributed by atoms with Crippen molar-refractivity contribution in [1.29, 1.82) is 0 Å². The molecule has 1 aliphatic heterocycles. The summed E-state index contributed by atoms with van der Waals surface area (Å²) in [6, 6.07) is 3.80. The summed E-state index contributed by atoms with van der Waals surface area (Å²) in [7, 11) is 1.59. The predicted octanol–water partition coefficient (Wildman–Crippen LogP) is 1.26. The van der Waals surface area contributed by atoms with Gasteiger partial charge in [0.15, 0.2) is 5.82 Å². The Morgan fingerprint density at radius 2 is 2.38 bits per heavy atom. The molecule has 1 aliphatic rings. The molecule has 5 heteroatoms. The molecule has 1 aromatic heterocycles. The third-order valence-electron chi connectivity index (χ3n) is 2.81. The zero-order chi connectivity index (χ0) is 11.5. The standard InChI is InChI=1S/C11H17N3O2/c1-7-9(5-6-16-7)13-11-8(12)3-4-10(14-11)15-2/h3-4,7,9H,5-6,12H2,1-2H3,(H,13,14).